The highest BCUT2D eigenvalue weighted by molar-refractivity contribution is 7.18. The number of nitrogens with zero attached hydrogens (tertiary/aromatic N) is 4. The van der Waals surface area contributed by atoms with Gasteiger partial charge in [0.25, 0.3) is 0 Å². The second kappa shape index (κ2) is 4.31. The minimum atomic E-state index is 0.482. The molecule has 2 heterocycles. The van der Waals surface area contributed by atoms with E-state index in [9.17, 15) is 0 Å². The summed E-state index contributed by atoms with van der Waals surface area (Å²) in [5.41, 5.74) is 6.47. The van der Waals surface area contributed by atoms with Crippen molar-refractivity contribution >= 4 is 16.5 Å². The van der Waals surface area contributed by atoms with Gasteiger partial charge in [-0.05, 0) is 5.10 Å². The standard InChI is InChI=1S/C9H11N5S/c1-2-4-14-5-3-7(6-11-14)8-12-13-9(10)15-8/h3,5-6,10H,2,4H2,1H3/p+1. The van der Waals surface area contributed by atoms with Gasteiger partial charge in [0, 0.05) is 18.1 Å². The first-order chi connectivity index (χ1) is 7.29. The van der Waals surface area contributed by atoms with Crippen LogP contribution in [0.2, 0.25) is 0 Å². The predicted octanol–water partition coefficient (Wildman–Crippen LogP) is 0.880. The number of hydrogen-bond acceptors (Lipinski definition) is 5. The summed E-state index contributed by atoms with van der Waals surface area (Å²) in [6, 6.07) is 1.97. The molecule has 2 rings (SSSR count). The summed E-state index contributed by atoms with van der Waals surface area (Å²) < 4.78 is 1.90. The van der Waals surface area contributed by atoms with Crippen LogP contribution in [0.4, 0.5) is 5.13 Å². The van der Waals surface area contributed by atoms with Gasteiger partial charge < -0.3 is 5.73 Å². The van der Waals surface area contributed by atoms with Crippen LogP contribution in [0, 0.1) is 0 Å². The highest BCUT2D eigenvalue weighted by Crippen LogP contribution is 2.22. The SMILES string of the molecule is CCC[n+]1ccc(-c2nnc(N)s2)cn1. The highest BCUT2D eigenvalue weighted by Gasteiger charge is 2.07. The van der Waals surface area contributed by atoms with Crippen molar-refractivity contribution < 1.29 is 4.68 Å². The summed E-state index contributed by atoms with van der Waals surface area (Å²) in [4.78, 5) is 0. The fourth-order valence-electron chi connectivity index (χ4n) is 1.22. The van der Waals surface area contributed by atoms with Crippen molar-refractivity contribution in [2.75, 3.05) is 5.73 Å². The fraction of sp³-hybridized carbons (Fsp3) is 0.333. The van der Waals surface area contributed by atoms with Crippen molar-refractivity contribution in [3.05, 3.63) is 18.5 Å². The molecule has 0 aliphatic heterocycles. The molecule has 0 aromatic carbocycles. The van der Waals surface area contributed by atoms with Gasteiger partial charge in [0.15, 0.2) is 17.7 Å². The summed E-state index contributed by atoms with van der Waals surface area (Å²) in [6.45, 7) is 3.05. The Morgan fingerprint density at radius 1 is 1.47 bits per heavy atom. The molecule has 0 aliphatic rings. The lowest BCUT2D eigenvalue weighted by atomic mass is 10.3. The van der Waals surface area contributed by atoms with E-state index in [2.05, 4.69) is 22.2 Å². The largest absolute Gasteiger partial charge is 0.374 e. The van der Waals surface area contributed by atoms with Gasteiger partial charge in [0.1, 0.15) is 6.20 Å². The molecule has 0 atom stereocenters. The van der Waals surface area contributed by atoms with Gasteiger partial charge in [-0.25, -0.2) is 0 Å². The number of aromatic nitrogens is 4. The molecule has 0 aliphatic carbocycles. The van der Waals surface area contributed by atoms with E-state index in [1.54, 1.807) is 6.20 Å². The quantitative estimate of drug-likeness (QED) is 0.783. The third-order valence-electron chi connectivity index (χ3n) is 1.91. The topological polar surface area (TPSA) is 68.6 Å². The normalized spacial score (nSPS) is 10.5. The fourth-order valence-corrected chi connectivity index (χ4v) is 1.82. The Morgan fingerprint density at radius 2 is 2.33 bits per heavy atom. The summed E-state index contributed by atoms with van der Waals surface area (Å²) >= 11 is 1.37. The van der Waals surface area contributed by atoms with Gasteiger partial charge in [-0.15, -0.1) is 10.2 Å². The molecule has 15 heavy (non-hydrogen) atoms. The van der Waals surface area contributed by atoms with Crippen molar-refractivity contribution in [1.29, 1.82) is 0 Å². The van der Waals surface area contributed by atoms with E-state index in [0.717, 1.165) is 23.5 Å². The molecule has 0 saturated carbocycles. The Kier molecular flexibility index (Phi) is 2.86. The second-order valence-electron chi connectivity index (χ2n) is 3.12. The number of anilines is 1. The Balaban J connectivity index is 2.23. The molecule has 0 bridgehead atoms. The summed E-state index contributed by atoms with van der Waals surface area (Å²) in [5, 5.41) is 13.3. The summed E-state index contributed by atoms with van der Waals surface area (Å²) in [6.07, 6.45) is 4.80. The summed E-state index contributed by atoms with van der Waals surface area (Å²) in [5.74, 6) is 0. The van der Waals surface area contributed by atoms with E-state index in [1.807, 2.05) is 16.9 Å². The minimum absolute atomic E-state index is 0.482. The molecule has 2 aromatic rings. The smallest absolute Gasteiger partial charge is 0.203 e. The number of nitrogens with two attached hydrogens (primary N) is 1. The van der Waals surface area contributed by atoms with Crippen molar-refractivity contribution in [1.82, 2.24) is 15.3 Å². The maximum Gasteiger partial charge on any atom is 0.203 e. The Labute approximate surface area is 91.6 Å². The van der Waals surface area contributed by atoms with E-state index in [1.165, 1.54) is 11.3 Å². The Bertz CT molecular complexity index is 436. The zero-order valence-corrected chi connectivity index (χ0v) is 9.24. The molecule has 0 fully saturated rings. The van der Waals surface area contributed by atoms with Crippen LogP contribution in [-0.4, -0.2) is 15.3 Å². The molecule has 5 nitrogen and oxygen atoms in total. The third-order valence-corrected chi connectivity index (χ3v) is 2.71. The molecule has 0 saturated heterocycles. The summed E-state index contributed by atoms with van der Waals surface area (Å²) in [7, 11) is 0. The zero-order chi connectivity index (χ0) is 10.7. The van der Waals surface area contributed by atoms with E-state index in [-0.39, 0.29) is 0 Å². The molecule has 0 unspecified atom stereocenters. The predicted molar refractivity (Wildman–Crippen MR) is 58.0 cm³/mol. The van der Waals surface area contributed by atoms with Crippen LogP contribution in [-0.2, 0) is 6.54 Å². The van der Waals surface area contributed by atoms with Gasteiger partial charge in [0.2, 0.25) is 5.13 Å². The number of hydrogen-bond donors (Lipinski definition) is 1. The zero-order valence-electron chi connectivity index (χ0n) is 8.42. The maximum atomic E-state index is 5.51. The lowest BCUT2D eigenvalue weighted by Gasteiger charge is -1.92. The van der Waals surface area contributed by atoms with Gasteiger partial charge >= 0.3 is 0 Å². The van der Waals surface area contributed by atoms with Crippen LogP contribution >= 0.6 is 11.3 Å². The molecule has 0 spiro atoms. The van der Waals surface area contributed by atoms with Crippen LogP contribution in [0.3, 0.4) is 0 Å². The van der Waals surface area contributed by atoms with Crippen LogP contribution in [0.1, 0.15) is 13.3 Å². The molecule has 2 N–H and O–H groups in total. The lowest BCUT2D eigenvalue weighted by molar-refractivity contribution is -0.753. The third kappa shape index (κ3) is 2.27. The van der Waals surface area contributed by atoms with Crippen molar-refractivity contribution in [3.8, 4) is 10.6 Å². The molecule has 0 amide bonds. The van der Waals surface area contributed by atoms with E-state index < -0.39 is 0 Å². The van der Waals surface area contributed by atoms with Crippen molar-refractivity contribution in [2.24, 2.45) is 0 Å². The van der Waals surface area contributed by atoms with Crippen LogP contribution in [0.5, 0.6) is 0 Å². The van der Waals surface area contributed by atoms with E-state index in [4.69, 9.17) is 5.73 Å². The lowest BCUT2D eigenvalue weighted by Crippen LogP contribution is -2.36. The minimum Gasteiger partial charge on any atom is -0.374 e. The first kappa shape index (κ1) is 9.97. The average Bonchev–Trinajstić information content (AvgIpc) is 2.67. The molecular formula is C9H12N5S+. The van der Waals surface area contributed by atoms with Gasteiger partial charge in [-0.3, -0.25) is 0 Å². The molecule has 2 aromatic heterocycles. The number of rotatable bonds is 3. The first-order valence-electron chi connectivity index (χ1n) is 4.74. The molecule has 6 heteroatoms. The Morgan fingerprint density at radius 3 is 2.87 bits per heavy atom. The number of aryl methyl sites for hydroxylation is 1. The first-order valence-corrected chi connectivity index (χ1v) is 5.56. The Hall–Kier alpha value is -1.56. The number of nitrogen functional groups attached to an aromatic ring is 1. The monoisotopic (exact) mass is 222 g/mol. The maximum absolute atomic E-state index is 5.51. The van der Waals surface area contributed by atoms with E-state index in [0.29, 0.717) is 5.13 Å². The molecule has 0 radical (unpaired) electrons. The van der Waals surface area contributed by atoms with Gasteiger partial charge in [-0.2, -0.15) is 0 Å². The van der Waals surface area contributed by atoms with Gasteiger partial charge in [0.05, 0.1) is 0 Å². The van der Waals surface area contributed by atoms with Crippen LogP contribution in [0.15, 0.2) is 18.5 Å². The average molecular weight is 222 g/mol. The van der Waals surface area contributed by atoms with Gasteiger partial charge in [-0.1, -0.05) is 22.9 Å². The van der Waals surface area contributed by atoms with Crippen LogP contribution < -0.4 is 10.4 Å². The van der Waals surface area contributed by atoms with Crippen molar-refractivity contribution in [3.63, 3.8) is 0 Å². The van der Waals surface area contributed by atoms with E-state index >= 15 is 0 Å². The molecule has 78 valence electrons. The van der Waals surface area contributed by atoms with Crippen LogP contribution in [0.25, 0.3) is 10.6 Å². The highest BCUT2D eigenvalue weighted by atomic mass is 32.1. The molecular weight excluding hydrogens is 210 g/mol. The second-order valence-corrected chi connectivity index (χ2v) is 4.13. The van der Waals surface area contributed by atoms with Crippen molar-refractivity contribution in [2.45, 2.75) is 19.9 Å².